The fourth-order valence-electron chi connectivity index (χ4n) is 3.63. The lowest BCUT2D eigenvalue weighted by Crippen LogP contribution is -2.56. The molecule has 2 aromatic rings. The SMILES string of the molecule is CCCC(NC(=O)c1ccc(C#N)cc1)C(C)(C)C(=O)N[C@@H](Cc1ccccc1)C(=O)OCC. The average molecular weight is 464 g/mol. The summed E-state index contributed by atoms with van der Waals surface area (Å²) in [6.45, 7) is 7.42. The lowest BCUT2D eigenvalue weighted by molar-refractivity contribution is -0.148. The quantitative estimate of drug-likeness (QED) is 0.493. The van der Waals surface area contributed by atoms with E-state index in [1.54, 1.807) is 45.0 Å². The number of carbonyl (C=O) groups is 3. The topological polar surface area (TPSA) is 108 Å². The van der Waals surface area contributed by atoms with Gasteiger partial charge >= 0.3 is 5.97 Å². The summed E-state index contributed by atoms with van der Waals surface area (Å²) in [7, 11) is 0. The molecular weight excluding hydrogens is 430 g/mol. The zero-order valence-corrected chi connectivity index (χ0v) is 20.3. The van der Waals surface area contributed by atoms with Crippen LogP contribution in [0.25, 0.3) is 0 Å². The molecule has 0 radical (unpaired) electrons. The Hall–Kier alpha value is -3.66. The molecule has 0 aliphatic heterocycles. The molecule has 1 unspecified atom stereocenters. The first-order valence-corrected chi connectivity index (χ1v) is 11.5. The Balaban J connectivity index is 2.19. The highest BCUT2D eigenvalue weighted by Gasteiger charge is 2.39. The summed E-state index contributed by atoms with van der Waals surface area (Å²) in [5, 5.41) is 14.8. The Morgan fingerprint density at radius 2 is 1.65 bits per heavy atom. The summed E-state index contributed by atoms with van der Waals surface area (Å²) in [5.41, 5.74) is 0.770. The fourth-order valence-corrected chi connectivity index (χ4v) is 3.63. The van der Waals surface area contributed by atoms with E-state index < -0.39 is 23.5 Å². The molecule has 2 amide bonds. The number of hydrogen-bond acceptors (Lipinski definition) is 5. The van der Waals surface area contributed by atoms with Crippen molar-refractivity contribution in [3.63, 3.8) is 0 Å². The molecule has 7 heteroatoms. The Bertz CT molecular complexity index is 1010. The number of nitrogens with zero attached hydrogens (tertiary/aromatic N) is 1. The molecule has 0 aromatic heterocycles. The molecule has 2 rings (SSSR count). The largest absolute Gasteiger partial charge is 0.464 e. The standard InChI is InChI=1S/C27H33N3O4/c1-5-10-23(30-24(31)21-15-13-20(18-28)14-16-21)27(3,4)26(33)29-22(25(32)34-6-2)17-19-11-8-7-9-12-19/h7-9,11-16,22-23H,5-6,10,17H2,1-4H3,(H,29,33)(H,30,31)/t22-,23?/m0/s1. The molecule has 0 aliphatic carbocycles. The number of rotatable bonds is 11. The summed E-state index contributed by atoms with van der Waals surface area (Å²) in [6.07, 6.45) is 1.63. The van der Waals surface area contributed by atoms with Crippen LogP contribution in [0, 0.1) is 16.7 Å². The monoisotopic (exact) mass is 463 g/mol. The molecule has 0 spiro atoms. The van der Waals surface area contributed by atoms with E-state index in [4.69, 9.17) is 10.00 Å². The van der Waals surface area contributed by atoms with Gasteiger partial charge in [-0.2, -0.15) is 5.26 Å². The van der Waals surface area contributed by atoms with Gasteiger partial charge in [0.05, 0.1) is 23.7 Å². The molecule has 0 saturated carbocycles. The normalized spacial score (nSPS) is 12.7. The van der Waals surface area contributed by atoms with Gasteiger partial charge in [-0.05, 0) is 57.0 Å². The van der Waals surface area contributed by atoms with Crippen LogP contribution in [0.4, 0.5) is 0 Å². The Kier molecular flexibility index (Phi) is 9.81. The van der Waals surface area contributed by atoms with Crippen LogP contribution >= 0.6 is 0 Å². The highest BCUT2D eigenvalue weighted by atomic mass is 16.5. The predicted octanol–water partition coefficient (Wildman–Crippen LogP) is 3.77. The minimum absolute atomic E-state index is 0.211. The van der Waals surface area contributed by atoms with Crippen LogP contribution in [-0.2, 0) is 20.7 Å². The molecular formula is C27H33N3O4. The van der Waals surface area contributed by atoms with Crippen molar-refractivity contribution in [2.75, 3.05) is 6.61 Å². The van der Waals surface area contributed by atoms with Gasteiger partial charge in [0, 0.05) is 18.0 Å². The Labute approximate surface area is 201 Å². The van der Waals surface area contributed by atoms with Crippen molar-refractivity contribution in [1.82, 2.24) is 10.6 Å². The second kappa shape index (κ2) is 12.5. The molecule has 2 N–H and O–H groups in total. The van der Waals surface area contributed by atoms with Gasteiger partial charge in [-0.15, -0.1) is 0 Å². The van der Waals surface area contributed by atoms with Crippen molar-refractivity contribution in [2.45, 2.75) is 59.0 Å². The highest BCUT2D eigenvalue weighted by Crippen LogP contribution is 2.26. The number of nitrogens with one attached hydrogen (secondary N) is 2. The van der Waals surface area contributed by atoms with Crippen molar-refractivity contribution in [3.8, 4) is 6.07 Å². The van der Waals surface area contributed by atoms with E-state index in [2.05, 4.69) is 10.6 Å². The van der Waals surface area contributed by atoms with Crippen LogP contribution in [0.1, 0.15) is 62.0 Å². The van der Waals surface area contributed by atoms with Crippen LogP contribution in [0.15, 0.2) is 54.6 Å². The molecule has 0 fully saturated rings. The van der Waals surface area contributed by atoms with Crippen molar-refractivity contribution >= 4 is 17.8 Å². The van der Waals surface area contributed by atoms with Gasteiger partial charge in [-0.1, -0.05) is 43.7 Å². The second-order valence-corrected chi connectivity index (χ2v) is 8.69. The molecule has 34 heavy (non-hydrogen) atoms. The van der Waals surface area contributed by atoms with Gasteiger partial charge in [-0.25, -0.2) is 4.79 Å². The molecule has 180 valence electrons. The fraction of sp³-hybridized carbons (Fsp3) is 0.407. The smallest absolute Gasteiger partial charge is 0.328 e. The number of benzene rings is 2. The maximum absolute atomic E-state index is 13.4. The van der Waals surface area contributed by atoms with E-state index in [9.17, 15) is 14.4 Å². The Morgan fingerprint density at radius 1 is 1.00 bits per heavy atom. The first kappa shape index (κ1) is 26.6. The third kappa shape index (κ3) is 7.17. The first-order valence-electron chi connectivity index (χ1n) is 11.5. The molecule has 0 bridgehead atoms. The molecule has 2 aromatic carbocycles. The maximum Gasteiger partial charge on any atom is 0.328 e. The van der Waals surface area contributed by atoms with E-state index in [1.165, 1.54) is 0 Å². The van der Waals surface area contributed by atoms with E-state index in [0.29, 0.717) is 24.0 Å². The third-order valence-electron chi connectivity index (χ3n) is 5.77. The molecule has 7 nitrogen and oxygen atoms in total. The van der Waals surface area contributed by atoms with E-state index in [-0.39, 0.29) is 18.4 Å². The van der Waals surface area contributed by atoms with Gasteiger partial charge in [0.1, 0.15) is 6.04 Å². The van der Waals surface area contributed by atoms with Crippen molar-refractivity contribution in [2.24, 2.45) is 5.41 Å². The lowest BCUT2D eigenvalue weighted by Gasteiger charge is -2.35. The lowest BCUT2D eigenvalue weighted by atomic mass is 9.80. The summed E-state index contributed by atoms with van der Waals surface area (Å²) >= 11 is 0. The number of amides is 2. The summed E-state index contributed by atoms with van der Waals surface area (Å²) in [4.78, 5) is 38.8. The van der Waals surface area contributed by atoms with E-state index in [1.807, 2.05) is 43.3 Å². The van der Waals surface area contributed by atoms with Crippen LogP contribution in [0.3, 0.4) is 0 Å². The van der Waals surface area contributed by atoms with Gasteiger partial charge < -0.3 is 15.4 Å². The van der Waals surface area contributed by atoms with Crippen LogP contribution in [-0.4, -0.2) is 36.5 Å². The summed E-state index contributed by atoms with van der Waals surface area (Å²) in [6, 6.07) is 16.4. The van der Waals surface area contributed by atoms with E-state index >= 15 is 0 Å². The molecule has 0 saturated heterocycles. The van der Waals surface area contributed by atoms with Crippen LogP contribution < -0.4 is 10.6 Å². The van der Waals surface area contributed by atoms with Crippen LogP contribution in [0.5, 0.6) is 0 Å². The van der Waals surface area contributed by atoms with Gasteiger partial charge in [-0.3, -0.25) is 9.59 Å². The van der Waals surface area contributed by atoms with Crippen LogP contribution in [0.2, 0.25) is 0 Å². The van der Waals surface area contributed by atoms with Gasteiger partial charge in [0.15, 0.2) is 0 Å². The predicted molar refractivity (Wildman–Crippen MR) is 130 cm³/mol. The zero-order valence-electron chi connectivity index (χ0n) is 20.3. The number of ether oxygens (including phenoxy) is 1. The van der Waals surface area contributed by atoms with Gasteiger partial charge in [0.2, 0.25) is 5.91 Å². The highest BCUT2D eigenvalue weighted by molar-refractivity contribution is 5.95. The first-order chi connectivity index (χ1) is 16.2. The number of carbonyl (C=O) groups excluding carboxylic acids is 3. The van der Waals surface area contributed by atoms with Crippen molar-refractivity contribution < 1.29 is 19.1 Å². The number of hydrogen-bond donors (Lipinski definition) is 2. The molecule has 0 heterocycles. The minimum atomic E-state index is -1.00. The summed E-state index contributed by atoms with van der Waals surface area (Å²) < 4.78 is 5.19. The van der Waals surface area contributed by atoms with Crippen molar-refractivity contribution in [1.29, 1.82) is 5.26 Å². The van der Waals surface area contributed by atoms with E-state index in [0.717, 1.165) is 12.0 Å². The maximum atomic E-state index is 13.4. The number of esters is 1. The van der Waals surface area contributed by atoms with Crippen molar-refractivity contribution in [3.05, 3.63) is 71.3 Å². The molecule has 2 atom stereocenters. The average Bonchev–Trinajstić information content (AvgIpc) is 2.84. The van der Waals surface area contributed by atoms with Gasteiger partial charge in [0.25, 0.3) is 5.91 Å². The number of nitriles is 1. The third-order valence-corrected chi connectivity index (χ3v) is 5.77. The minimum Gasteiger partial charge on any atom is -0.464 e. The zero-order chi connectivity index (χ0) is 25.1. The second-order valence-electron chi connectivity index (χ2n) is 8.69. The summed E-state index contributed by atoms with van der Waals surface area (Å²) in [5.74, 6) is -1.17. The Morgan fingerprint density at radius 3 is 2.21 bits per heavy atom. The molecule has 0 aliphatic rings.